The van der Waals surface area contributed by atoms with Crippen LogP contribution in [0.1, 0.15) is 32.1 Å². The van der Waals surface area contributed by atoms with Gasteiger partial charge in [0.25, 0.3) is 0 Å². The number of rotatable bonds is 2. The quantitative estimate of drug-likeness (QED) is 0.781. The van der Waals surface area contributed by atoms with Crippen molar-refractivity contribution in [2.24, 2.45) is 11.8 Å². The minimum atomic E-state index is 0.165. The molecule has 0 atom stereocenters. The van der Waals surface area contributed by atoms with Crippen LogP contribution >= 0.6 is 0 Å². The van der Waals surface area contributed by atoms with Gasteiger partial charge in [0.1, 0.15) is 0 Å². The summed E-state index contributed by atoms with van der Waals surface area (Å²) in [6.07, 6.45) is 4.67. The first-order valence-corrected chi connectivity index (χ1v) is 6.67. The number of hydrogen-bond acceptors (Lipinski definition) is 3. The minimum absolute atomic E-state index is 0.165. The van der Waals surface area contributed by atoms with E-state index in [0.29, 0.717) is 18.2 Å². The normalized spacial score (nSPS) is 23.4. The van der Waals surface area contributed by atoms with Crippen molar-refractivity contribution in [1.29, 1.82) is 5.26 Å². The Morgan fingerprint density at radius 3 is 2.47 bits per heavy atom. The number of nitriles is 1. The first-order valence-electron chi connectivity index (χ1n) is 6.67. The molecular weight excluding hydrogens is 214 g/mol. The van der Waals surface area contributed by atoms with Gasteiger partial charge < -0.3 is 10.2 Å². The van der Waals surface area contributed by atoms with Gasteiger partial charge in [0.2, 0.25) is 5.91 Å². The highest BCUT2D eigenvalue weighted by Crippen LogP contribution is 2.21. The van der Waals surface area contributed by atoms with Crippen molar-refractivity contribution in [3.63, 3.8) is 0 Å². The first kappa shape index (κ1) is 12.4. The molecule has 2 saturated heterocycles. The smallest absolute Gasteiger partial charge is 0.222 e. The van der Waals surface area contributed by atoms with E-state index in [1.807, 2.05) is 4.90 Å². The van der Waals surface area contributed by atoms with Gasteiger partial charge in [-0.3, -0.25) is 4.79 Å². The maximum Gasteiger partial charge on any atom is 0.222 e. The number of carbonyl (C=O) groups is 1. The van der Waals surface area contributed by atoms with Crippen LogP contribution in [0.25, 0.3) is 0 Å². The van der Waals surface area contributed by atoms with Crippen LogP contribution in [0, 0.1) is 23.2 Å². The second kappa shape index (κ2) is 6.02. The van der Waals surface area contributed by atoms with Gasteiger partial charge in [-0.25, -0.2) is 0 Å². The third-order valence-electron chi connectivity index (χ3n) is 3.95. The van der Waals surface area contributed by atoms with Crippen LogP contribution in [0.3, 0.4) is 0 Å². The van der Waals surface area contributed by atoms with Gasteiger partial charge in [0.15, 0.2) is 0 Å². The standard InChI is InChI=1S/C13H21N3O/c14-10-12-3-7-16(8-4-12)13(17)9-11-1-5-15-6-2-11/h11-12,15H,1-9H2. The summed E-state index contributed by atoms with van der Waals surface area (Å²) >= 11 is 0. The molecule has 2 rings (SSSR count). The molecule has 0 saturated carbocycles. The molecule has 2 aliphatic heterocycles. The van der Waals surface area contributed by atoms with Crippen LogP contribution in [0.2, 0.25) is 0 Å². The van der Waals surface area contributed by atoms with E-state index in [4.69, 9.17) is 5.26 Å². The third-order valence-corrected chi connectivity index (χ3v) is 3.95. The average molecular weight is 235 g/mol. The van der Waals surface area contributed by atoms with Crippen molar-refractivity contribution < 1.29 is 4.79 Å². The fourth-order valence-electron chi connectivity index (χ4n) is 2.72. The van der Waals surface area contributed by atoms with Crippen LogP contribution in [0.15, 0.2) is 0 Å². The zero-order valence-corrected chi connectivity index (χ0v) is 10.3. The second-order valence-electron chi connectivity index (χ2n) is 5.18. The van der Waals surface area contributed by atoms with Crippen LogP contribution < -0.4 is 5.32 Å². The minimum Gasteiger partial charge on any atom is -0.343 e. The van der Waals surface area contributed by atoms with E-state index in [1.165, 1.54) is 0 Å². The first-order chi connectivity index (χ1) is 8.29. The van der Waals surface area contributed by atoms with Gasteiger partial charge in [0.05, 0.1) is 6.07 Å². The zero-order valence-electron chi connectivity index (χ0n) is 10.3. The molecule has 0 spiro atoms. The predicted octanol–water partition coefficient (Wildman–Crippen LogP) is 1.14. The lowest BCUT2D eigenvalue weighted by Crippen LogP contribution is -2.40. The molecule has 17 heavy (non-hydrogen) atoms. The van der Waals surface area contributed by atoms with Crippen molar-refractivity contribution in [3.05, 3.63) is 0 Å². The number of nitrogens with one attached hydrogen (secondary N) is 1. The van der Waals surface area contributed by atoms with Gasteiger partial charge in [-0.05, 0) is 44.7 Å². The highest BCUT2D eigenvalue weighted by molar-refractivity contribution is 5.76. The molecule has 0 aromatic rings. The van der Waals surface area contributed by atoms with Gasteiger partial charge in [-0.15, -0.1) is 0 Å². The molecule has 0 unspecified atom stereocenters. The summed E-state index contributed by atoms with van der Waals surface area (Å²) in [6.45, 7) is 3.66. The van der Waals surface area contributed by atoms with Gasteiger partial charge in [-0.2, -0.15) is 5.26 Å². The molecule has 4 nitrogen and oxygen atoms in total. The lowest BCUT2D eigenvalue weighted by atomic mass is 9.93. The average Bonchev–Trinajstić information content (AvgIpc) is 2.40. The molecule has 2 fully saturated rings. The van der Waals surface area contributed by atoms with Crippen molar-refractivity contribution in [3.8, 4) is 6.07 Å². The summed E-state index contributed by atoms with van der Waals surface area (Å²) in [5.74, 6) is 1.03. The van der Waals surface area contributed by atoms with Gasteiger partial charge >= 0.3 is 0 Å². The SMILES string of the molecule is N#CC1CCN(C(=O)CC2CCNCC2)CC1. The summed E-state index contributed by atoms with van der Waals surface area (Å²) in [5, 5.41) is 12.1. The molecule has 0 aromatic carbocycles. The Bertz CT molecular complexity index is 296. The number of amides is 1. The number of piperidine rings is 2. The largest absolute Gasteiger partial charge is 0.343 e. The lowest BCUT2D eigenvalue weighted by Gasteiger charge is -2.31. The van der Waals surface area contributed by atoms with E-state index < -0.39 is 0 Å². The second-order valence-corrected chi connectivity index (χ2v) is 5.18. The fourth-order valence-corrected chi connectivity index (χ4v) is 2.72. The van der Waals surface area contributed by atoms with E-state index >= 15 is 0 Å². The maximum absolute atomic E-state index is 12.1. The summed E-state index contributed by atoms with van der Waals surface area (Å²) in [7, 11) is 0. The van der Waals surface area contributed by atoms with E-state index in [1.54, 1.807) is 0 Å². The molecular formula is C13H21N3O. The van der Waals surface area contributed by atoms with E-state index in [9.17, 15) is 4.79 Å². The third kappa shape index (κ3) is 3.44. The fraction of sp³-hybridized carbons (Fsp3) is 0.846. The molecule has 0 bridgehead atoms. The highest BCUT2D eigenvalue weighted by atomic mass is 16.2. The Labute approximate surface area is 103 Å². The topological polar surface area (TPSA) is 56.1 Å². The van der Waals surface area contributed by atoms with Crippen LogP contribution in [-0.2, 0) is 4.79 Å². The molecule has 0 aromatic heterocycles. The summed E-state index contributed by atoms with van der Waals surface area (Å²) < 4.78 is 0. The monoisotopic (exact) mass is 235 g/mol. The molecule has 0 radical (unpaired) electrons. The Balaban J connectivity index is 1.75. The molecule has 94 valence electrons. The van der Waals surface area contributed by atoms with Crippen molar-refractivity contribution >= 4 is 5.91 Å². The molecule has 0 aliphatic carbocycles. The number of likely N-dealkylation sites (tertiary alicyclic amines) is 1. The van der Waals surface area contributed by atoms with Gasteiger partial charge in [-0.1, -0.05) is 0 Å². The molecule has 2 heterocycles. The maximum atomic E-state index is 12.1. The number of nitrogens with zero attached hydrogens (tertiary/aromatic N) is 2. The lowest BCUT2D eigenvalue weighted by molar-refractivity contribution is -0.133. The van der Waals surface area contributed by atoms with E-state index in [0.717, 1.165) is 51.9 Å². The summed E-state index contributed by atoms with van der Waals surface area (Å²) in [6, 6.07) is 2.30. The Kier molecular flexibility index (Phi) is 4.38. The molecule has 1 amide bonds. The summed E-state index contributed by atoms with van der Waals surface area (Å²) in [4.78, 5) is 14.0. The number of carbonyl (C=O) groups excluding carboxylic acids is 1. The van der Waals surface area contributed by atoms with Crippen molar-refractivity contribution in [1.82, 2.24) is 10.2 Å². The number of hydrogen-bond donors (Lipinski definition) is 1. The Morgan fingerprint density at radius 2 is 1.88 bits per heavy atom. The molecule has 4 heteroatoms. The van der Waals surface area contributed by atoms with Gasteiger partial charge in [0, 0.05) is 25.4 Å². The van der Waals surface area contributed by atoms with Crippen molar-refractivity contribution in [2.75, 3.05) is 26.2 Å². The Morgan fingerprint density at radius 1 is 1.24 bits per heavy atom. The molecule has 1 N–H and O–H groups in total. The van der Waals surface area contributed by atoms with Crippen LogP contribution in [0.5, 0.6) is 0 Å². The zero-order chi connectivity index (χ0) is 12.1. The van der Waals surface area contributed by atoms with E-state index in [2.05, 4.69) is 11.4 Å². The summed E-state index contributed by atoms with van der Waals surface area (Å²) in [5.41, 5.74) is 0. The van der Waals surface area contributed by atoms with Crippen LogP contribution in [0.4, 0.5) is 0 Å². The highest BCUT2D eigenvalue weighted by Gasteiger charge is 2.25. The predicted molar refractivity (Wildman–Crippen MR) is 65.1 cm³/mol. The van der Waals surface area contributed by atoms with E-state index in [-0.39, 0.29) is 5.92 Å². The molecule has 2 aliphatic rings. The van der Waals surface area contributed by atoms with Crippen LogP contribution in [-0.4, -0.2) is 37.0 Å². The Hall–Kier alpha value is -1.08. The van der Waals surface area contributed by atoms with Crippen molar-refractivity contribution in [2.45, 2.75) is 32.1 Å².